The molecule has 0 aromatic carbocycles. The van der Waals surface area contributed by atoms with E-state index in [2.05, 4.69) is 22.8 Å². The summed E-state index contributed by atoms with van der Waals surface area (Å²) >= 11 is 1.75. The van der Waals surface area contributed by atoms with Crippen LogP contribution in [0.25, 0.3) is 0 Å². The van der Waals surface area contributed by atoms with E-state index in [1.807, 2.05) is 25.5 Å². The normalized spacial score (nSPS) is 21.3. The van der Waals surface area contributed by atoms with Crippen LogP contribution in [0.4, 0.5) is 0 Å². The molecule has 1 rings (SSSR count). The molecular weight excluding hydrogens is 208 g/mol. The smallest absolute Gasteiger partial charge is 0.207 e. The molecular formula is C11H16N2OS. The van der Waals surface area contributed by atoms with Gasteiger partial charge in [-0.3, -0.25) is 4.79 Å². The molecule has 1 aliphatic heterocycles. The molecule has 3 nitrogen and oxygen atoms in total. The number of hydrogen-bond donors (Lipinski definition) is 2. The SMILES string of the molecule is C/C=C(\C=C(/C)CNC=O)C1NC=CS1. The van der Waals surface area contributed by atoms with Gasteiger partial charge in [-0.15, -0.1) is 11.8 Å². The van der Waals surface area contributed by atoms with Crippen molar-refractivity contribution in [3.05, 3.63) is 34.9 Å². The number of nitrogens with one attached hydrogen (secondary N) is 2. The Morgan fingerprint density at radius 2 is 2.47 bits per heavy atom. The van der Waals surface area contributed by atoms with E-state index in [4.69, 9.17) is 0 Å². The Morgan fingerprint density at radius 3 is 3.00 bits per heavy atom. The number of thioether (sulfide) groups is 1. The summed E-state index contributed by atoms with van der Waals surface area (Å²) in [5.41, 5.74) is 2.37. The van der Waals surface area contributed by atoms with Crippen molar-refractivity contribution in [3.8, 4) is 0 Å². The topological polar surface area (TPSA) is 41.1 Å². The van der Waals surface area contributed by atoms with Crippen LogP contribution in [0, 0.1) is 0 Å². The molecule has 0 bridgehead atoms. The molecule has 0 saturated carbocycles. The number of allylic oxidation sites excluding steroid dienone is 1. The average Bonchev–Trinajstić information content (AvgIpc) is 2.76. The number of amides is 1. The third-order valence-corrected chi connectivity index (χ3v) is 3.02. The predicted molar refractivity (Wildman–Crippen MR) is 65.2 cm³/mol. The van der Waals surface area contributed by atoms with Gasteiger partial charge in [0.2, 0.25) is 6.41 Å². The molecule has 2 N–H and O–H groups in total. The molecule has 0 radical (unpaired) electrons. The fourth-order valence-electron chi connectivity index (χ4n) is 1.31. The fourth-order valence-corrected chi connectivity index (χ4v) is 2.14. The molecule has 0 spiro atoms. The van der Waals surface area contributed by atoms with E-state index < -0.39 is 0 Å². The van der Waals surface area contributed by atoms with Crippen molar-refractivity contribution >= 4 is 18.2 Å². The minimum absolute atomic E-state index is 0.307. The van der Waals surface area contributed by atoms with Crippen molar-refractivity contribution in [2.24, 2.45) is 0 Å². The molecule has 82 valence electrons. The van der Waals surface area contributed by atoms with Gasteiger partial charge in [0.15, 0.2) is 0 Å². The summed E-state index contributed by atoms with van der Waals surface area (Å²) < 4.78 is 0. The van der Waals surface area contributed by atoms with Gasteiger partial charge in [0, 0.05) is 12.7 Å². The molecule has 0 saturated heterocycles. The van der Waals surface area contributed by atoms with Gasteiger partial charge in [-0.1, -0.05) is 17.7 Å². The molecule has 15 heavy (non-hydrogen) atoms. The van der Waals surface area contributed by atoms with Crippen molar-refractivity contribution in [2.45, 2.75) is 19.2 Å². The molecule has 0 aromatic rings. The summed E-state index contributed by atoms with van der Waals surface area (Å²) in [5, 5.41) is 8.25. The van der Waals surface area contributed by atoms with Crippen LogP contribution in [-0.4, -0.2) is 18.3 Å². The van der Waals surface area contributed by atoms with Gasteiger partial charge in [0.05, 0.1) is 0 Å². The molecule has 1 atom stereocenters. The first-order valence-corrected chi connectivity index (χ1v) is 5.79. The third-order valence-electron chi connectivity index (χ3n) is 2.04. The van der Waals surface area contributed by atoms with Crippen LogP contribution in [0.3, 0.4) is 0 Å². The quantitative estimate of drug-likeness (QED) is 0.552. The second-order valence-corrected chi connectivity index (χ2v) is 4.28. The van der Waals surface area contributed by atoms with Crippen molar-refractivity contribution in [1.29, 1.82) is 0 Å². The Kier molecular flexibility index (Phi) is 5.04. The summed E-state index contributed by atoms with van der Waals surface area (Å²) in [7, 11) is 0. The molecule has 0 aliphatic carbocycles. The van der Waals surface area contributed by atoms with Crippen LogP contribution in [0.2, 0.25) is 0 Å². The molecule has 4 heteroatoms. The zero-order valence-corrected chi connectivity index (χ0v) is 9.80. The molecule has 0 fully saturated rings. The highest BCUT2D eigenvalue weighted by molar-refractivity contribution is 8.03. The van der Waals surface area contributed by atoms with Gasteiger partial charge in [-0.2, -0.15) is 0 Å². The summed E-state index contributed by atoms with van der Waals surface area (Å²) in [6, 6.07) is 0. The number of carbonyl (C=O) groups is 1. The maximum Gasteiger partial charge on any atom is 0.207 e. The monoisotopic (exact) mass is 224 g/mol. The zero-order chi connectivity index (χ0) is 11.1. The van der Waals surface area contributed by atoms with Crippen molar-refractivity contribution in [1.82, 2.24) is 10.6 Å². The largest absolute Gasteiger partial charge is 0.375 e. The first-order chi connectivity index (χ1) is 7.27. The number of hydrogen-bond acceptors (Lipinski definition) is 3. The Hall–Kier alpha value is -1.16. The highest BCUT2D eigenvalue weighted by atomic mass is 32.2. The summed E-state index contributed by atoms with van der Waals surface area (Å²) in [5.74, 6) is 0. The van der Waals surface area contributed by atoms with Crippen LogP contribution in [0.1, 0.15) is 13.8 Å². The van der Waals surface area contributed by atoms with Gasteiger partial charge in [-0.05, 0) is 24.8 Å². The lowest BCUT2D eigenvalue weighted by Gasteiger charge is -2.12. The Balaban J connectivity index is 2.55. The second-order valence-electron chi connectivity index (χ2n) is 3.26. The van der Waals surface area contributed by atoms with E-state index in [9.17, 15) is 4.79 Å². The van der Waals surface area contributed by atoms with Crippen LogP contribution in [0.5, 0.6) is 0 Å². The van der Waals surface area contributed by atoms with Crippen molar-refractivity contribution < 1.29 is 4.79 Å². The average molecular weight is 224 g/mol. The first-order valence-electron chi connectivity index (χ1n) is 4.85. The van der Waals surface area contributed by atoms with E-state index >= 15 is 0 Å². The lowest BCUT2D eigenvalue weighted by Crippen LogP contribution is -2.19. The van der Waals surface area contributed by atoms with Crippen LogP contribution < -0.4 is 10.6 Å². The molecule has 1 aliphatic rings. The van der Waals surface area contributed by atoms with Crippen molar-refractivity contribution in [3.63, 3.8) is 0 Å². The van der Waals surface area contributed by atoms with Crippen LogP contribution >= 0.6 is 11.8 Å². The fraction of sp³-hybridized carbons (Fsp3) is 0.364. The van der Waals surface area contributed by atoms with Gasteiger partial charge in [0.1, 0.15) is 5.37 Å². The maximum absolute atomic E-state index is 10.1. The first kappa shape index (κ1) is 11.9. The molecule has 1 amide bonds. The van der Waals surface area contributed by atoms with Gasteiger partial charge in [-0.25, -0.2) is 0 Å². The van der Waals surface area contributed by atoms with E-state index in [-0.39, 0.29) is 0 Å². The lowest BCUT2D eigenvalue weighted by molar-refractivity contribution is -0.109. The lowest BCUT2D eigenvalue weighted by atomic mass is 10.1. The molecule has 1 unspecified atom stereocenters. The van der Waals surface area contributed by atoms with Gasteiger partial charge < -0.3 is 10.6 Å². The molecule has 1 heterocycles. The minimum atomic E-state index is 0.307. The summed E-state index contributed by atoms with van der Waals surface area (Å²) in [4.78, 5) is 10.1. The molecule has 0 aromatic heterocycles. The van der Waals surface area contributed by atoms with Gasteiger partial charge in [0.25, 0.3) is 0 Å². The van der Waals surface area contributed by atoms with Crippen molar-refractivity contribution in [2.75, 3.05) is 6.54 Å². The van der Waals surface area contributed by atoms with E-state index in [1.165, 1.54) is 5.57 Å². The predicted octanol–water partition coefficient (Wildman–Crippen LogP) is 1.76. The van der Waals surface area contributed by atoms with E-state index in [1.54, 1.807) is 11.8 Å². The third kappa shape index (κ3) is 3.83. The Bertz CT molecular complexity index is 300. The summed E-state index contributed by atoms with van der Waals surface area (Å²) in [6.07, 6.45) is 6.86. The standard InChI is InChI=1S/C11H16N2OS/c1-3-10(11-13-4-5-15-11)6-9(2)7-12-8-14/h3-6,8,11,13H,7H2,1-2H3,(H,12,14)/b9-6+,10-3+. The summed E-state index contributed by atoms with van der Waals surface area (Å²) in [6.45, 7) is 4.63. The van der Waals surface area contributed by atoms with E-state index in [0.29, 0.717) is 11.9 Å². The highest BCUT2D eigenvalue weighted by Gasteiger charge is 2.12. The number of carbonyl (C=O) groups excluding carboxylic acids is 1. The maximum atomic E-state index is 10.1. The number of rotatable bonds is 5. The Labute approximate surface area is 94.7 Å². The Morgan fingerprint density at radius 1 is 1.67 bits per heavy atom. The van der Waals surface area contributed by atoms with E-state index in [0.717, 1.165) is 12.0 Å². The van der Waals surface area contributed by atoms with Gasteiger partial charge >= 0.3 is 0 Å². The van der Waals surface area contributed by atoms with Crippen LogP contribution in [-0.2, 0) is 4.79 Å². The minimum Gasteiger partial charge on any atom is -0.375 e. The van der Waals surface area contributed by atoms with Crippen LogP contribution in [0.15, 0.2) is 34.9 Å². The zero-order valence-electron chi connectivity index (χ0n) is 8.99. The highest BCUT2D eigenvalue weighted by Crippen LogP contribution is 2.23. The second kappa shape index (κ2) is 6.35.